The van der Waals surface area contributed by atoms with Gasteiger partial charge in [0.15, 0.2) is 0 Å². The standard InChI is InChI=1S/C32H52N10O8/c33-13-5-4-10-23(40-30(49)26-12-7-15-42(26)31(50)22(34)19-45)28(47)41-25(16-20-8-2-1-3-9-20)29(48)39-24(11-6-14-37-32(35)36)27(46)38-21(17-43)18-44/h1-3,8-9,17,21-26,44-45H,4-7,10-16,18-19,33-34H2,(H,38,46)(H,39,48)(H,40,49)(H,41,47)(H4,35,36,37)/p+2/t21-,22+,23+,24+,25+,26+/m1/s1. The molecular weight excluding hydrogens is 652 g/mol. The van der Waals surface area contributed by atoms with Crippen LogP contribution in [0.1, 0.15) is 50.5 Å². The largest absolute Gasteiger partial charge is 0.394 e. The van der Waals surface area contributed by atoms with Crippen molar-refractivity contribution >= 4 is 41.8 Å². The fourth-order valence-electron chi connectivity index (χ4n) is 5.47. The number of guanidine groups is 1. The molecule has 50 heavy (non-hydrogen) atoms. The summed E-state index contributed by atoms with van der Waals surface area (Å²) in [7, 11) is 0. The third kappa shape index (κ3) is 13.7. The molecule has 6 atom stereocenters. The van der Waals surface area contributed by atoms with Gasteiger partial charge in [0.25, 0.3) is 0 Å². The summed E-state index contributed by atoms with van der Waals surface area (Å²) in [5, 5.41) is 29.3. The van der Waals surface area contributed by atoms with Gasteiger partial charge in [-0.2, -0.15) is 0 Å². The number of nitrogens with zero attached hydrogens (tertiary/aromatic N) is 1. The molecule has 2 rings (SSSR count). The molecular formula is C32H54N10O8+2. The highest BCUT2D eigenvalue weighted by molar-refractivity contribution is 5.96. The Kier molecular flexibility index (Phi) is 18.4. The van der Waals surface area contributed by atoms with Gasteiger partial charge in [-0.25, -0.2) is 0 Å². The summed E-state index contributed by atoms with van der Waals surface area (Å²) in [6, 6.07) is 2.15. The van der Waals surface area contributed by atoms with E-state index in [1.54, 1.807) is 30.3 Å². The molecule has 1 saturated heterocycles. The van der Waals surface area contributed by atoms with Crippen molar-refractivity contribution < 1.29 is 49.7 Å². The summed E-state index contributed by atoms with van der Waals surface area (Å²) in [4.78, 5) is 82.3. The molecule has 5 amide bonds. The topological polar surface area (TPSA) is 314 Å². The molecule has 18 heteroatoms. The van der Waals surface area contributed by atoms with Gasteiger partial charge in [0, 0.05) is 13.0 Å². The molecule has 16 N–H and O–H groups in total. The second-order valence-electron chi connectivity index (χ2n) is 12.2. The Morgan fingerprint density at radius 3 is 2.14 bits per heavy atom. The minimum Gasteiger partial charge on any atom is -0.394 e. The van der Waals surface area contributed by atoms with Crippen molar-refractivity contribution in [2.75, 3.05) is 32.8 Å². The lowest BCUT2D eigenvalue weighted by atomic mass is 10.0. The van der Waals surface area contributed by atoms with E-state index in [-0.39, 0.29) is 38.3 Å². The van der Waals surface area contributed by atoms with E-state index in [0.717, 1.165) is 0 Å². The average molecular weight is 707 g/mol. The van der Waals surface area contributed by atoms with E-state index in [9.17, 15) is 39.0 Å². The van der Waals surface area contributed by atoms with Crippen molar-refractivity contribution in [1.29, 1.82) is 0 Å². The number of hydrogen-bond donors (Lipinski definition) is 11. The number of rotatable bonds is 22. The summed E-state index contributed by atoms with van der Waals surface area (Å²) >= 11 is 0. The molecule has 1 heterocycles. The van der Waals surface area contributed by atoms with Gasteiger partial charge in [-0.15, -0.1) is 0 Å². The number of hydrogen-bond acceptors (Lipinski definition) is 9. The highest BCUT2D eigenvalue weighted by Crippen LogP contribution is 2.19. The van der Waals surface area contributed by atoms with E-state index in [2.05, 4.69) is 32.0 Å². The van der Waals surface area contributed by atoms with E-state index in [4.69, 9.17) is 17.2 Å². The summed E-state index contributed by atoms with van der Waals surface area (Å²) in [6.07, 6.45) is 3.10. The van der Waals surface area contributed by atoms with Gasteiger partial charge in [0.2, 0.25) is 29.5 Å². The summed E-state index contributed by atoms with van der Waals surface area (Å²) in [6.45, 7) is -0.0821. The predicted octanol–water partition coefficient (Wildman–Crippen LogP) is -6.78. The zero-order valence-electron chi connectivity index (χ0n) is 28.4. The van der Waals surface area contributed by atoms with Crippen molar-refractivity contribution in [3.8, 4) is 0 Å². The zero-order chi connectivity index (χ0) is 37.1. The van der Waals surface area contributed by atoms with Crippen molar-refractivity contribution in [1.82, 2.24) is 26.2 Å². The molecule has 0 spiro atoms. The number of benzene rings is 1. The number of quaternary nitrogens is 1. The summed E-state index contributed by atoms with van der Waals surface area (Å²) < 4.78 is 0. The Labute approximate surface area is 291 Å². The molecule has 1 aromatic carbocycles. The number of aliphatic hydroxyl groups excluding tert-OH is 2. The molecule has 0 saturated carbocycles. The molecule has 1 fully saturated rings. The number of aliphatic hydroxyl groups is 2. The number of aldehydes is 1. The van der Waals surface area contributed by atoms with Crippen LogP contribution in [0.3, 0.4) is 0 Å². The number of carbonyl (C=O) groups is 6. The zero-order valence-corrected chi connectivity index (χ0v) is 28.4. The minimum atomic E-state index is -1.20. The van der Waals surface area contributed by atoms with Crippen LogP contribution in [0.25, 0.3) is 0 Å². The van der Waals surface area contributed by atoms with Crippen LogP contribution < -0.4 is 49.2 Å². The predicted molar refractivity (Wildman–Crippen MR) is 181 cm³/mol. The second-order valence-corrected chi connectivity index (χ2v) is 12.2. The first-order valence-corrected chi connectivity index (χ1v) is 16.8. The van der Waals surface area contributed by atoms with Crippen LogP contribution in [0.2, 0.25) is 0 Å². The number of unbranched alkanes of at least 4 members (excludes halogenated alkanes) is 1. The Bertz CT molecular complexity index is 1300. The van der Waals surface area contributed by atoms with Crippen LogP contribution in [0, 0.1) is 0 Å². The highest BCUT2D eigenvalue weighted by Gasteiger charge is 2.38. The van der Waals surface area contributed by atoms with Gasteiger partial charge in [0.1, 0.15) is 42.5 Å². The Balaban J connectivity index is 2.32. The van der Waals surface area contributed by atoms with Crippen molar-refractivity contribution in [2.24, 2.45) is 17.2 Å². The fraction of sp³-hybridized carbons (Fsp3) is 0.594. The Morgan fingerprint density at radius 2 is 1.52 bits per heavy atom. The minimum absolute atomic E-state index is 0.0280. The summed E-state index contributed by atoms with van der Waals surface area (Å²) in [5.74, 6) is -3.25. The van der Waals surface area contributed by atoms with Gasteiger partial charge < -0.3 is 52.6 Å². The van der Waals surface area contributed by atoms with Crippen LogP contribution >= 0.6 is 0 Å². The molecule has 1 aliphatic heterocycles. The van der Waals surface area contributed by atoms with Crippen LogP contribution in [0.15, 0.2) is 30.3 Å². The first-order valence-electron chi connectivity index (χ1n) is 16.8. The van der Waals surface area contributed by atoms with E-state index >= 15 is 0 Å². The third-order valence-corrected chi connectivity index (χ3v) is 8.21. The molecule has 0 aliphatic carbocycles. The Morgan fingerprint density at radius 1 is 0.900 bits per heavy atom. The molecule has 18 nitrogen and oxygen atoms in total. The maximum Gasteiger partial charge on any atom is 0.338 e. The van der Waals surface area contributed by atoms with Gasteiger partial charge in [-0.3, -0.25) is 40.4 Å². The Hall–Kier alpha value is -4.65. The first kappa shape index (κ1) is 41.5. The molecule has 0 aromatic heterocycles. The van der Waals surface area contributed by atoms with Crippen molar-refractivity contribution in [3.05, 3.63) is 35.9 Å². The van der Waals surface area contributed by atoms with E-state index in [0.29, 0.717) is 50.5 Å². The maximum atomic E-state index is 13.8. The van der Waals surface area contributed by atoms with Crippen LogP contribution in [-0.2, 0) is 35.2 Å². The van der Waals surface area contributed by atoms with E-state index < -0.39 is 79.0 Å². The van der Waals surface area contributed by atoms with E-state index in [1.165, 1.54) is 4.90 Å². The van der Waals surface area contributed by atoms with Crippen LogP contribution in [0.4, 0.5) is 0 Å². The molecule has 0 bridgehead atoms. The van der Waals surface area contributed by atoms with Gasteiger partial charge in [-0.1, -0.05) is 30.3 Å². The number of carbonyl (C=O) groups excluding carboxylic acids is 6. The lowest BCUT2D eigenvalue weighted by molar-refractivity contribution is -0.459. The number of likely N-dealkylation sites (tertiary alicyclic amines) is 1. The fourth-order valence-corrected chi connectivity index (χ4v) is 5.47. The average Bonchev–Trinajstić information content (AvgIpc) is 3.61. The number of nitrogens with one attached hydrogen (secondary N) is 5. The molecule has 1 aromatic rings. The molecule has 1 aliphatic rings. The van der Waals surface area contributed by atoms with Gasteiger partial charge >= 0.3 is 5.96 Å². The quantitative estimate of drug-likeness (QED) is 0.0233. The van der Waals surface area contributed by atoms with E-state index in [1.807, 2.05) is 0 Å². The van der Waals surface area contributed by atoms with Gasteiger partial charge in [-0.05, 0) is 50.5 Å². The molecule has 278 valence electrons. The first-order chi connectivity index (χ1) is 23.9. The van der Waals surface area contributed by atoms with Crippen molar-refractivity contribution in [3.63, 3.8) is 0 Å². The smallest absolute Gasteiger partial charge is 0.338 e. The van der Waals surface area contributed by atoms with Crippen LogP contribution in [-0.4, -0.2) is 126 Å². The lowest BCUT2D eigenvalue weighted by Gasteiger charge is -2.29. The second kappa shape index (κ2) is 22.1. The monoisotopic (exact) mass is 706 g/mol. The summed E-state index contributed by atoms with van der Waals surface area (Å²) in [5.41, 5.74) is 21.1. The highest BCUT2D eigenvalue weighted by atomic mass is 16.3. The number of amides is 5. The normalized spacial score (nSPS) is 17.0. The number of nitrogens with two attached hydrogens (primary N) is 3. The molecule has 0 radical (unpaired) electrons. The van der Waals surface area contributed by atoms with Crippen LogP contribution in [0.5, 0.6) is 0 Å². The maximum absolute atomic E-state index is 13.8. The lowest BCUT2D eigenvalue weighted by Crippen LogP contribution is -2.78. The third-order valence-electron chi connectivity index (χ3n) is 8.21. The molecule has 0 unspecified atom stereocenters. The van der Waals surface area contributed by atoms with Gasteiger partial charge in [0.05, 0.1) is 26.3 Å². The SMILES string of the molecule is NC(N)=[NH+]CCC[C@H](NC(=O)[C@H](Cc1ccccc1)NC(=O)[C@H](CCCC[NH3+])NC(=O)[C@@H]1CCCN1C(=O)[C@@H](N)CO)C(=O)N[C@H](C=O)CO. The van der Waals surface area contributed by atoms with Crippen molar-refractivity contribution in [2.45, 2.75) is 87.6 Å².